The second-order valence-electron chi connectivity index (χ2n) is 1.81. The Kier molecular flexibility index (Phi) is 3.12. The van der Waals surface area contributed by atoms with Crippen LogP contribution in [0.15, 0.2) is 21.3 Å². The molecule has 10 heavy (non-hydrogen) atoms. The Morgan fingerprint density at radius 1 is 1.60 bits per heavy atom. The summed E-state index contributed by atoms with van der Waals surface area (Å²) in [6.45, 7) is 0.599. The molecule has 0 spiro atoms. The number of hydrogen-bond acceptors (Lipinski definition) is 2. The summed E-state index contributed by atoms with van der Waals surface area (Å²) in [6.07, 6.45) is 3.95. The van der Waals surface area contributed by atoms with Gasteiger partial charge in [0.15, 0.2) is 0 Å². The quantitative estimate of drug-likeness (QED) is 0.810. The molecule has 1 nitrogen and oxygen atoms in total. The summed E-state index contributed by atoms with van der Waals surface area (Å²) < 4.78 is 1.14. The molecule has 1 rings (SSSR count). The molecule has 0 atom stereocenters. The highest BCUT2D eigenvalue weighted by atomic mass is 79.9. The third kappa shape index (κ3) is 1.94. The topological polar surface area (TPSA) is 26.0 Å². The molecule has 0 saturated carbocycles. The molecule has 0 aliphatic rings. The van der Waals surface area contributed by atoms with Crippen molar-refractivity contribution in [3.8, 4) is 0 Å². The minimum atomic E-state index is 0.599. The van der Waals surface area contributed by atoms with Gasteiger partial charge in [-0.05, 0) is 26.9 Å². The van der Waals surface area contributed by atoms with Gasteiger partial charge >= 0.3 is 0 Å². The van der Waals surface area contributed by atoms with Crippen LogP contribution in [0.25, 0.3) is 6.08 Å². The van der Waals surface area contributed by atoms with Gasteiger partial charge in [-0.1, -0.05) is 12.2 Å². The first kappa shape index (κ1) is 7.98. The zero-order valence-corrected chi connectivity index (χ0v) is 7.78. The summed E-state index contributed by atoms with van der Waals surface area (Å²) in [5.74, 6) is 0. The first-order chi connectivity index (χ1) is 4.84. The maximum absolute atomic E-state index is 5.30. The lowest BCUT2D eigenvalue weighted by atomic mass is 10.3. The zero-order valence-electron chi connectivity index (χ0n) is 5.38. The predicted octanol–water partition coefficient (Wildman–Crippen LogP) is 2.48. The van der Waals surface area contributed by atoms with Crippen molar-refractivity contribution in [2.75, 3.05) is 6.54 Å². The van der Waals surface area contributed by atoms with E-state index in [1.54, 1.807) is 11.3 Å². The summed E-state index contributed by atoms with van der Waals surface area (Å²) in [6, 6.07) is 0. The highest BCUT2D eigenvalue weighted by molar-refractivity contribution is 9.10. The summed E-state index contributed by atoms with van der Waals surface area (Å²) >= 11 is 5.09. The molecule has 0 bridgehead atoms. The maximum atomic E-state index is 5.30. The van der Waals surface area contributed by atoms with E-state index in [2.05, 4.69) is 26.7 Å². The lowest BCUT2D eigenvalue weighted by Crippen LogP contribution is -1.91. The predicted molar refractivity (Wildman–Crippen MR) is 50.1 cm³/mol. The van der Waals surface area contributed by atoms with Gasteiger partial charge in [-0.25, -0.2) is 0 Å². The molecule has 0 aliphatic heterocycles. The number of hydrogen-bond donors (Lipinski definition) is 1. The fraction of sp³-hybridized carbons (Fsp3) is 0.143. The monoisotopic (exact) mass is 217 g/mol. The summed E-state index contributed by atoms with van der Waals surface area (Å²) in [4.78, 5) is 0. The van der Waals surface area contributed by atoms with Gasteiger partial charge in [0.05, 0.1) is 0 Å². The summed E-state index contributed by atoms with van der Waals surface area (Å²) in [5, 5.41) is 4.13. The molecular formula is C7H8BrNS. The van der Waals surface area contributed by atoms with Crippen molar-refractivity contribution >= 4 is 33.3 Å². The molecule has 0 aromatic carbocycles. The Balaban J connectivity index is 2.74. The van der Waals surface area contributed by atoms with E-state index in [0.717, 1.165) is 4.47 Å². The van der Waals surface area contributed by atoms with Crippen LogP contribution >= 0.6 is 27.3 Å². The maximum Gasteiger partial charge on any atom is 0.0354 e. The van der Waals surface area contributed by atoms with Crippen molar-refractivity contribution in [2.24, 2.45) is 5.73 Å². The Morgan fingerprint density at radius 2 is 2.40 bits per heavy atom. The van der Waals surface area contributed by atoms with Crippen LogP contribution in [0.2, 0.25) is 0 Å². The molecule has 1 aromatic heterocycles. The van der Waals surface area contributed by atoms with E-state index in [0.29, 0.717) is 6.54 Å². The average Bonchev–Trinajstić information content (AvgIpc) is 2.31. The zero-order chi connectivity index (χ0) is 7.40. The van der Waals surface area contributed by atoms with Crippen LogP contribution in [-0.2, 0) is 0 Å². The smallest absolute Gasteiger partial charge is 0.0354 e. The van der Waals surface area contributed by atoms with Crippen molar-refractivity contribution < 1.29 is 0 Å². The first-order valence-electron chi connectivity index (χ1n) is 2.93. The van der Waals surface area contributed by atoms with Crippen LogP contribution in [0.1, 0.15) is 5.56 Å². The van der Waals surface area contributed by atoms with E-state index in [9.17, 15) is 0 Å². The minimum absolute atomic E-state index is 0.599. The molecule has 1 heterocycles. The second-order valence-corrected chi connectivity index (χ2v) is 3.41. The molecular weight excluding hydrogens is 210 g/mol. The molecule has 1 aromatic rings. The van der Waals surface area contributed by atoms with Crippen molar-refractivity contribution in [3.05, 3.63) is 26.9 Å². The number of rotatable bonds is 2. The Labute approximate surface area is 72.7 Å². The van der Waals surface area contributed by atoms with Crippen molar-refractivity contribution in [1.82, 2.24) is 0 Å². The lowest BCUT2D eigenvalue weighted by molar-refractivity contribution is 1.26. The Hall–Kier alpha value is -0.120. The minimum Gasteiger partial charge on any atom is -0.327 e. The van der Waals surface area contributed by atoms with E-state index >= 15 is 0 Å². The third-order valence-corrected chi connectivity index (χ3v) is 2.83. The third-order valence-electron chi connectivity index (χ3n) is 1.08. The molecule has 3 heteroatoms. The van der Waals surface area contributed by atoms with Crippen molar-refractivity contribution in [3.63, 3.8) is 0 Å². The van der Waals surface area contributed by atoms with E-state index in [1.807, 2.05) is 12.2 Å². The molecule has 0 aliphatic carbocycles. The van der Waals surface area contributed by atoms with Crippen LogP contribution in [0.3, 0.4) is 0 Å². The van der Waals surface area contributed by atoms with Crippen LogP contribution in [-0.4, -0.2) is 6.54 Å². The van der Waals surface area contributed by atoms with Crippen molar-refractivity contribution in [1.29, 1.82) is 0 Å². The molecule has 0 fully saturated rings. The van der Waals surface area contributed by atoms with E-state index in [4.69, 9.17) is 5.73 Å². The van der Waals surface area contributed by atoms with Gasteiger partial charge in [-0.2, -0.15) is 11.3 Å². The van der Waals surface area contributed by atoms with Crippen LogP contribution in [0.5, 0.6) is 0 Å². The first-order valence-corrected chi connectivity index (χ1v) is 4.66. The average molecular weight is 218 g/mol. The van der Waals surface area contributed by atoms with Gasteiger partial charge in [0, 0.05) is 16.4 Å². The fourth-order valence-electron chi connectivity index (χ4n) is 0.605. The highest BCUT2D eigenvalue weighted by Gasteiger charge is 1.93. The summed E-state index contributed by atoms with van der Waals surface area (Å²) in [7, 11) is 0. The van der Waals surface area contributed by atoms with E-state index in [1.165, 1.54) is 5.56 Å². The molecule has 54 valence electrons. The largest absolute Gasteiger partial charge is 0.327 e. The standard InChI is InChI=1S/C7H8BrNS/c8-7-5-10-4-6(7)2-1-3-9/h1-2,4-5H,3,9H2. The van der Waals surface area contributed by atoms with E-state index < -0.39 is 0 Å². The van der Waals surface area contributed by atoms with Gasteiger partial charge in [-0.3, -0.25) is 0 Å². The summed E-state index contributed by atoms with van der Waals surface area (Å²) in [5.41, 5.74) is 6.50. The molecule has 0 radical (unpaired) electrons. The van der Waals surface area contributed by atoms with Crippen LogP contribution < -0.4 is 5.73 Å². The van der Waals surface area contributed by atoms with Gasteiger partial charge in [-0.15, -0.1) is 0 Å². The van der Waals surface area contributed by atoms with Crippen molar-refractivity contribution in [2.45, 2.75) is 0 Å². The molecule has 0 unspecified atom stereocenters. The Bertz CT molecular complexity index is 229. The molecule has 0 saturated heterocycles. The normalized spacial score (nSPS) is 11.0. The number of halogens is 1. The second kappa shape index (κ2) is 3.91. The SMILES string of the molecule is NCC=Cc1cscc1Br. The number of nitrogens with two attached hydrogens (primary N) is 1. The highest BCUT2D eigenvalue weighted by Crippen LogP contribution is 2.22. The van der Waals surface area contributed by atoms with E-state index in [-0.39, 0.29) is 0 Å². The number of thiophene rings is 1. The fourth-order valence-corrected chi connectivity index (χ4v) is 2.00. The molecule has 2 N–H and O–H groups in total. The van der Waals surface area contributed by atoms with Gasteiger partial charge in [0.25, 0.3) is 0 Å². The van der Waals surface area contributed by atoms with Gasteiger partial charge in [0.1, 0.15) is 0 Å². The lowest BCUT2D eigenvalue weighted by Gasteiger charge is -1.85. The van der Waals surface area contributed by atoms with Crippen LogP contribution in [0.4, 0.5) is 0 Å². The van der Waals surface area contributed by atoms with Crippen LogP contribution in [0, 0.1) is 0 Å². The molecule has 0 amide bonds. The Morgan fingerprint density at radius 3 is 2.90 bits per heavy atom. The van der Waals surface area contributed by atoms with Gasteiger partial charge in [0.2, 0.25) is 0 Å². The van der Waals surface area contributed by atoms with Gasteiger partial charge < -0.3 is 5.73 Å².